The number of hydrogen-bond acceptors (Lipinski definition) is 3. The van der Waals surface area contributed by atoms with E-state index in [0.29, 0.717) is 0 Å². The molecule has 0 spiro atoms. The van der Waals surface area contributed by atoms with E-state index in [1.807, 2.05) is 0 Å². The van der Waals surface area contributed by atoms with Crippen molar-refractivity contribution in [3.05, 3.63) is 32.7 Å². The molecule has 24 heavy (non-hydrogen) atoms. The van der Waals surface area contributed by atoms with Crippen molar-refractivity contribution in [2.75, 3.05) is 0 Å². The maximum Gasteiger partial charge on any atom is 1.00 e. The summed E-state index contributed by atoms with van der Waals surface area (Å²) in [5, 5.41) is 3.34. The van der Waals surface area contributed by atoms with Crippen molar-refractivity contribution >= 4 is 24.1 Å². The van der Waals surface area contributed by atoms with Crippen LogP contribution >= 0.6 is 0 Å². The predicted octanol–water partition coefficient (Wildman–Crippen LogP) is 1.57. The van der Waals surface area contributed by atoms with Crippen molar-refractivity contribution in [3.8, 4) is 0 Å². The average molecular weight is 367 g/mol. The van der Waals surface area contributed by atoms with E-state index in [4.69, 9.17) is 10.3 Å². The summed E-state index contributed by atoms with van der Waals surface area (Å²) in [6, 6.07) is 0. The number of benzene rings is 1. The van der Waals surface area contributed by atoms with Gasteiger partial charge in [-0.1, -0.05) is 16.2 Å². The number of esters is 1. The minimum atomic E-state index is -5.38. The Hall–Kier alpha value is -0.509. The first-order chi connectivity index (χ1) is 10.3. The molecule has 126 valence electrons. The Kier molecular flexibility index (Phi) is 8.07. The van der Waals surface area contributed by atoms with Crippen molar-refractivity contribution in [2.45, 2.75) is 47.1 Å². The molecule has 0 radical (unpaired) electrons. The third kappa shape index (κ3) is 5.24. The smallest absolute Gasteiger partial charge is 0.456 e. The normalized spacial score (nSPS) is 11.4. The Morgan fingerprint density at radius 1 is 1.12 bits per heavy atom. The maximum absolute atomic E-state index is 13.4. The second-order valence-corrected chi connectivity index (χ2v) is 6.28. The zero-order valence-electron chi connectivity index (χ0n) is 14.9. The minimum Gasteiger partial charge on any atom is -0.456 e. The Morgan fingerprint density at radius 3 is 2.00 bits per heavy atom. The number of nitrogens with zero attached hydrogens (tertiary/aromatic N) is 3. The van der Waals surface area contributed by atoms with Gasteiger partial charge < -0.3 is 17.7 Å². The van der Waals surface area contributed by atoms with E-state index < -0.39 is 24.0 Å². The van der Waals surface area contributed by atoms with Gasteiger partial charge in [-0.05, 0) is 52.6 Å². The topological polar surface area (TPSA) is 75.1 Å². The van der Waals surface area contributed by atoms with Gasteiger partial charge in [0.15, 0.2) is 0 Å². The zero-order valence-corrected chi connectivity index (χ0v) is 18.0. The van der Waals surface area contributed by atoms with Gasteiger partial charge in [0, 0.05) is 10.6 Å². The molecule has 0 aliphatic heterocycles. The van der Waals surface area contributed by atoms with Crippen LogP contribution in [-0.4, -0.2) is 18.5 Å². The van der Waals surface area contributed by atoms with Gasteiger partial charge >= 0.3 is 64.3 Å². The molecule has 0 atom stereocenters. The molecule has 0 saturated heterocycles. The number of halogens is 3. The number of ether oxygens (including phenoxy) is 1. The molecule has 0 aliphatic carbocycles. The molecule has 10 heteroatoms. The van der Waals surface area contributed by atoms with Gasteiger partial charge in [0.2, 0.25) is 0 Å². The first-order valence-corrected chi connectivity index (χ1v) is 6.93. The van der Waals surface area contributed by atoms with E-state index in [1.165, 1.54) is 20.8 Å². The molecule has 0 unspecified atom stereocenters. The van der Waals surface area contributed by atoms with E-state index in [0.717, 1.165) is 0 Å². The second kappa shape index (κ2) is 8.25. The standard InChI is InChI=1S/C14H18BF3N3O2.K/c1-7-10(13(22)23-14(4,5)6)8(2)12(20-21-19)9(3)11(7)15(16,17)18;/h1-6H3;/q-1;+1. The van der Waals surface area contributed by atoms with Gasteiger partial charge in [0.1, 0.15) is 5.60 Å². The maximum atomic E-state index is 13.4. The third-order valence-corrected chi connectivity index (χ3v) is 3.34. The van der Waals surface area contributed by atoms with Crippen LogP contribution in [0.2, 0.25) is 0 Å². The van der Waals surface area contributed by atoms with Crippen molar-refractivity contribution in [1.82, 2.24) is 0 Å². The van der Waals surface area contributed by atoms with Crippen LogP contribution in [0.3, 0.4) is 0 Å². The monoisotopic (exact) mass is 367 g/mol. The van der Waals surface area contributed by atoms with Gasteiger partial charge in [0.05, 0.1) is 5.56 Å². The Bertz CT molecular complexity index is 709. The van der Waals surface area contributed by atoms with Gasteiger partial charge in [-0.25, -0.2) is 4.79 Å². The average Bonchev–Trinajstić information content (AvgIpc) is 2.30. The van der Waals surface area contributed by atoms with E-state index in [1.54, 1.807) is 20.8 Å². The van der Waals surface area contributed by atoms with Gasteiger partial charge in [-0.15, -0.1) is 5.46 Å². The van der Waals surface area contributed by atoms with E-state index in [9.17, 15) is 17.7 Å². The molecule has 0 bridgehead atoms. The minimum absolute atomic E-state index is 0. The molecule has 1 aromatic carbocycles. The molecule has 0 saturated carbocycles. The SMILES string of the molecule is Cc1c(N=[N+]=[N-])c(C)c([B-](F)(F)F)c(C)c1C(=O)OC(C)(C)C.[K+]. The second-order valence-electron chi connectivity index (χ2n) is 6.28. The summed E-state index contributed by atoms with van der Waals surface area (Å²) in [4.78, 5) is 14.9. The predicted molar refractivity (Wildman–Crippen MR) is 83.3 cm³/mol. The molecule has 0 amide bonds. The van der Waals surface area contributed by atoms with Crippen LogP contribution in [0, 0.1) is 20.8 Å². The van der Waals surface area contributed by atoms with Crippen LogP contribution in [0.1, 0.15) is 47.8 Å². The molecular formula is C14H18BF3KN3O2. The van der Waals surface area contributed by atoms with E-state index in [2.05, 4.69) is 10.0 Å². The fourth-order valence-electron chi connectivity index (χ4n) is 2.55. The van der Waals surface area contributed by atoms with Crippen LogP contribution in [-0.2, 0) is 4.74 Å². The summed E-state index contributed by atoms with van der Waals surface area (Å²) >= 11 is 0. The Morgan fingerprint density at radius 2 is 1.62 bits per heavy atom. The molecule has 1 aromatic rings. The van der Waals surface area contributed by atoms with Crippen molar-refractivity contribution < 1.29 is 73.9 Å². The summed E-state index contributed by atoms with van der Waals surface area (Å²) in [7, 11) is 0. The molecule has 0 aliphatic rings. The largest absolute Gasteiger partial charge is 1.00 e. The fraction of sp³-hybridized carbons (Fsp3) is 0.500. The molecule has 0 aromatic heterocycles. The molecule has 5 nitrogen and oxygen atoms in total. The number of carbonyl (C=O) groups excluding carboxylic acids is 1. The Balaban J connectivity index is 0.00000529. The summed E-state index contributed by atoms with van der Waals surface area (Å²) in [5.74, 6) is -0.872. The summed E-state index contributed by atoms with van der Waals surface area (Å²) in [5.41, 5.74) is 6.23. The molecule has 0 fully saturated rings. The quantitative estimate of drug-likeness (QED) is 0.267. The van der Waals surface area contributed by atoms with Crippen LogP contribution in [0.15, 0.2) is 5.11 Å². The molecule has 1 rings (SSSR count). The van der Waals surface area contributed by atoms with Gasteiger partial charge in [-0.3, -0.25) is 0 Å². The van der Waals surface area contributed by atoms with Crippen LogP contribution in [0.5, 0.6) is 0 Å². The van der Waals surface area contributed by atoms with Crippen LogP contribution in [0.25, 0.3) is 10.4 Å². The number of carbonyl (C=O) groups is 1. The summed E-state index contributed by atoms with van der Waals surface area (Å²) in [6.45, 7) is 3.37. The van der Waals surface area contributed by atoms with Crippen molar-refractivity contribution in [1.29, 1.82) is 0 Å². The fourth-order valence-corrected chi connectivity index (χ4v) is 2.55. The third-order valence-electron chi connectivity index (χ3n) is 3.34. The van der Waals surface area contributed by atoms with E-state index >= 15 is 0 Å². The molecular weight excluding hydrogens is 349 g/mol. The van der Waals surface area contributed by atoms with Crippen molar-refractivity contribution in [2.24, 2.45) is 5.11 Å². The number of azide groups is 1. The Labute approximate surface area is 181 Å². The number of hydrogen-bond donors (Lipinski definition) is 0. The zero-order chi connectivity index (χ0) is 18.2. The summed E-state index contributed by atoms with van der Waals surface area (Å²) in [6.07, 6.45) is 0. The van der Waals surface area contributed by atoms with Gasteiger partial charge in [-0.2, -0.15) is 0 Å². The summed E-state index contributed by atoms with van der Waals surface area (Å²) < 4.78 is 45.4. The molecule has 0 N–H and O–H groups in total. The number of rotatable bonds is 3. The van der Waals surface area contributed by atoms with Gasteiger partial charge in [0.25, 0.3) is 0 Å². The van der Waals surface area contributed by atoms with Crippen LogP contribution in [0.4, 0.5) is 18.6 Å². The molecule has 0 heterocycles. The first kappa shape index (κ1) is 23.5. The van der Waals surface area contributed by atoms with E-state index in [-0.39, 0.29) is 79.3 Å². The van der Waals surface area contributed by atoms with Crippen molar-refractivity contribution in [3.63, 3.8) is 0 Å². The van der Waals surface area contributed by atoms with Crippen LogP contribution < -0.4 is 56.8 Å². The first-order valence-electron chi connectivity index (χ1n) is 6.93.